The number of benzene rings is 2. The second-order valence-electron chi connectivity index (χ2n) is 6.67. The maximum Gasteiger partial charge on any atom is 0.265 e. The first kappa shape index (κ1) is 16.9. The van der Waals surface area contributed by atoms with Crippen LogP contribution >= 0.6 is 11.6 Å². The number of nitrogens with one attached hydrogen (secondary N) is 1. The Labute approximate surface area is 156 Å². The quantitative estimate of drug-likeness (QED) is 0.680. The summed E-state index contributed by atoms with van der Waals surface area (Å²) in [6.07, 6.45) is 1.62. The van der Waals surface area contributed by atoms with Gasteiger partial charge in [0.1, 0.15) is 11.3 Å². The summed E-state index contributed by atoms with van der Waals surface area (Å²) in [6, 6.07) is 10.8. The molecule has 134 valence electrons. The molecule has 0 aliphatic heterocycles. The maximum absolute atomic E-state index is 12.4. The number of halogens is 1. The minimum Gasteiger partial charge on any atom is -0.481 e. The van der Waals surface area contributed by atoms with Crippen molar-refractivity contribution in [2.45, 2.75) is 38.7 Å². The van der Waals surface area contributed by atoms with E-state index >= 15 is 0 Å². The molecular weight excluding hydrogens is 352 g/mol. The highest BCUT2D eigenvalue weighted by Gasteiger charge is 2.29. The number of carbonyl (C=O) groups is 1. The van der Waals surface area contributed by atoms with E-state index in [1.165, 1.54) is 0 Å². The molecule has 1 aliphatic rings. The predicted molar refractivity (Wildman–Crippen MR) is 101 cm³/mol. The molecule has 5 nitrogen and oxygen atoms in total. The van der Waals surface area contributed by atoms with E-state index in [1.54, 1.807) is 25.1 Å². The lowest BCUT2D eigenvalue weighted by Crippen LogP contribution is -2.30. The third kappa shape index (κ3) is 3.53. The van der Waals surface area contributed by atoms with Crippen LogP contribution in [0, 0.1) is 6.92 Å². The third-order valence-corrected chi connectivity index (χ3v) is 4.64. The first-order chi connectivity index (χ1) is 12.5. The molecule has 0 bridgehead atoms. The van der Waals surface area contributed by atoms with Crippen molar-refractivity contribution in [2.24, 2.45) is 0 Å². The highest BCUT2D eigenvalue weighted by molar-refractivity contribution is 6.30. The van der Waals surface area contributed by atoms with E-state index in [2.05, 4.69) is 10.3 Å². The van der Waals surface area contributed by atoms with Crippen LogP contribution in [0.25, 0.3) is 11.1 Å². The molecule has 1 N–H and O–H groups in total. The average Bonchev–Trinajstić information content (AvgIpc) is 3.37. The molecule has 2 aromatic carbocycles. The molecule has 1 fully saturated rings. The van der Waals surface area contributed by atoms with Gasteiger partial charge in [0, 0.05) is 16.6 Å². The molecule has 1 amide bonds. The molecule has 0 radical (unpaired) electrons. The van der Waals surface area contributed by atoms with Crippen LogP contribution in [0.4, 0.5) is 5.69 Å². The molecule has 4 rings (SSSR count). The number of nitrogens with zero attached hydrogens (tertiary/aromatic N) is 1. The number of hydrogen-bond acceptors (Lipinski definition) is 4. The Balaban J connectivity index is 1.45. The molecule has 26 heavy (non-hydrogen) atoms. The lowest BCUT2D eigenvalue weighted by Gasteiger charge is -2.16. The van der Waals surface area contributed by atoms with Gasteiger partial charge in [-0.15, -0.1) is 0 Å². The SMILES string of the molecule is Cc1cc(Cl)ccc1OC(C)C(=O)Nc1ccc2oc(C3CC3)nc2c1. The summed E-state index contributed by atoms with van der Waals surface area (Å²) in [5.41, 5.74) is 3.05. The van der Waals surface area contributed by atoms with Gasteiger partial charge in [0.15, 0.2) is 17.6 Å². The number of ether oxygens (including phenoxy) is 1. The summed E-state index contributed by atoms with van der Waals surface area (Å²) >= 11 is 5.95. The Morgan fingerprint density at radius 2 is 2.12 bits per heavy atom. The Morgan fingerprint density at radius 3 is 2.85 bits per heavy atom. The zero-order valence-electron chi connectivity index (χ0n) is 14.6. The maximum atomic E-state index is 12.4. The molecule has 1 aliphatic carbocycles. The molecule has 1 aromatic heterocycles. The minimum atomic E-state index is -0.648. The van der Waals surface area contributed by atoms with E-state index < -0.39 is 6.10 Å². The highest BCUT2D eigenvalue weighted by Crippen LogP contribution is 2.40. The van der Waals surface area contributed by atoms with Crippen molar-refractivity contribution in [1.82, 2.24) is 4.98 Å². The predicted octanol–water partition coefficient (Wildman–Crippen LogP) is 5.07. The van der Waals surface area contributed by atoms with Gasteiger partial charge in [0.25, 0.3) is 5.91 Å². The second-order valence-corrected chi connectivity index (χ2v) is 7.10. The van der Waals surface area contributed by atoms with Gasteiger partial charge in [-0.1, -0.05) is 11.6 Å². The number of aromatic nitrogens is 1. The van der Waals surface area contributed by atoms with E-state index in [9.17, 15) is 4.79 Å². The largest absolute Gasteiger partial charge is 0.481 e. The number of hydrogen-bond donors (Lipinski definition) is 1. The number of aryl methyl sites for hydroxylation is 1. The van der Waals surface area contributed by atoms with Crippen LogP contribution in [0.15, 0.2) is 40.8 Å². The van der Waals surface area contributed by atoms with Crippen LogP contribution < -0.4 is 10.1 Å². The normalized spacial score (nSPS) is 15.0. The Kier molecular flexibility index (Phi) is 4.32. The Hall–Kier alpha value is -2.53. The standard InChI is InChI=1S/C20H19ClN2O3/c1-11-9-14(21)5-7-17(11)25-12(2)19(24)22-15-6-8-18-16(10-15)23-20(26-18)13-3-4-13/h5-10,12-13H,3-4H2,1-2H3,(H,22,24). The van der Waals surface area contributed by atoms with E-state index in [4.69, 9.17) is 20.8 Å². The fourth-order valence-electron chi connectivity index (χ4n) is 2.76. The summed E-state index contributed by atoms with van der Waals surface area (Å²) in [6.45, 7) is 3.60. The summed E-state index contributed by atoms with van der Waals surface area (Å²) in [5.74, 6) is 1.65. The summed E-state index contributed by atoms with van der Waals surface area (Å²) in [4.78, 5) is 17.0. The molecular formula is C20H19ClN2O3. The molecule has 0 spiro atoms. The number of oxazole rings is 1. The van der Waals surface area contributed by atoms with Gasteiger partial charge >= 0.3 is 0 Å². The van der Waals surface area contributed by atoms with Crippen molar-refractivity contribution in [2.75, 3.05) is 5.32 Å². The minimum absolute atomic E-state index is 0.232. The lowest BCUT2D eigenvalue weighted by molar-refractivity contribution is -0.122. The number of rotatable bonds is 5. The molecule has 1 atom stereocenters. The van der Waals surface area contributed by atoms with Crippen LogP contribution in [0.1, 0.15) is 37.1 Å². The average molecular weight is 371 g/mol. The molecule has 1 saturated carbocycles. The zero-order chi connectivity index (χ0) is 18.3. The molecule has 0 saturated heterocycles. The van der Waals surface area contributed by atoms with E-state index in [-0.39, 0.29) is 5.91 Å². The van der Waals surface area contributed by atoms with Gasteiger partial charge in [-0.2, -0.15) is 0 Å². The lowest BCUT2D eigenvalue weighted by atomic mass is 10.2. The Morgan fingerprint density at radius 1 is 1.31 bits per heavy atom. The first-order valence-corrected chi connectivity index (χ1v) is 9.01. The smallest absolute Gasteiger partial charge is 0.265 e. The van der Waals surface area contributed by atoms with Crippen molar-refractivity contribution >= 4 is 34.3 Å². The fourth-order valence-corrected chi connectivity index (χ4v) is 2.99. The molecule has 3 aromatic rings. The fraction of sp³-hybridized carbons (Fsp3) is 0.300. The first-order valence-electron chi connectivity index (χ1n) is 8.64. The summed E-state index contributed by atoms with van der Waals surface area (Å²) in [5, 5.41) is 3.50. The van der Waals surface area contributed by atoms with Crippen LogP contribution in [-0.2, 0) is 4.79 Å². The van der Waals surface area contributed by atoms with Crippen molar-refractivity contribution in [3.8, 4) is 5.75 Å². The van der Waals surface area contributed by atoms with Gasteiger partial charge in [0.05, 0.1) is 0 Å². The second kappa shape index (κ2) is 6.65. The molecule has 6 heteroatoms. The van der Waals surface area contributed by atoms with Crippen LogP contribution in [0.3, 0.4) is 0 Å². The van der Waals surface area contributed by atoms with Crippen LogP contribution in [-0.4, -0.2) is 17.0 Å². The number of carbonyl (C=O) groups excluding carboxylic acids is 1. The Bertz CT molecular complexity index is 978. The summed E-state index contributed by atoms with van der Waals surface area (Å²) in [7, 11) is 0. The monoisotopic (exact) mass is 370 g/mol. The van der Waals surface area contributed by atoms with Crippen molar-refractivity contribution in [3.05, 3.63) is 52.9 Å². The number of amides is 1. The van der Waals surface area contributed by atoms with Gasteiger partial charge in [-0.05, 0) is 68.7 Å². The van der Waals surface area contributed by atoms with Crippen LogP contribution in [0.2, 0.25) is 5.02 Å². The summed E-state index contributed by atoms with van der Waals surface area (Å²) < 4.78 is 11.5. The van der Waals surface area contributed by atoms with E-state index in [0.29, 0.717) is 22.4 Å². The molecule has 1 heterocycles. The zero-order valence-corrected chi connectivity index (χ0v) is 15.3. The van der Waals surface area contributed by atoms with Crippen molar-refractivity contribution in [3.63, 3.8) is 0 Å². The van der Waals surface area contributed by atoms with Crippen molar-refractivity contribution in [1.29, 1.82) is 0 Å². The topological polar surface area (TPSA) is 64.4 Å². The highest BCUT2D eigenvalue weighted by atomic mass is 35.5. The van der Waals surface area contributed by atoms with Crippen molar-refractivity contribution < 1.29 is 13.9 Å². The number of fused-ring (bicyclic) bond motifs is 1. The molecule has 1 unspecified atom stereocenters. The third-order valence-electron chi connectivity index (χ3n) is 4.41. The number of anilines is 1. The van der Waals surface area contributed by atoms with Gasteiger partial charge < -0.3 is 14.5 Å². The van der Waals surface area contributed by atoms with E-state index in [1.807, 2.05) is 25.1 Å². The van der Waals surface area contributed by atoms with Crippen LogP contribution in [0.5, 0.6) is 5.75 Å². The van der Waals surface area contributed by atoms with E-state index in [0.717, 1.165) is 35.4 Å². The van der Waals surface area contributed by atoms with Gasteiger partial charge in [-0.3, -0.25) is 4.79 Å². The van der Waals surface area contributed by atoms with Gasteiger partial charge in [0.2, 0.25) is 0 Å². The van der Waals surface area contributed by atoms with Gasteiger partial charge in [-0.25, -0.2) is 4.98 Å².